The zero-order chi connectivity index (χ0) is 24.9. The lowest BCUT2D eigenvalue weighted by atomic mass is 10.1. The molecule has 2 aromatic carbocycles. The number of halogens is 3. The van der Waals surface area contributed by atoms with Gasteiger partial charge in [-0.15, -0.1) is 0 Å². The fourth-order valence-corrected chi connectivity index (χ4v) is 4.11. The molecule has 1 aromatic heterocycles. The molecule has 0 aliphatic carbocycles. The lowest BCUT2D eigenvalue weighted by Crippen LogP contribution is -2.30. The van der Waals surface area contributed by atoms with Crippen molar-refractivity contribution in [2.24, 2.45) is 0 Å². The standard InChI is InChI=1S/C25H29Cl2FN2O4/c1-16-14-30(24-20(16)12-18(26)13-21(24)27)19-4-5-22(28)17(10-19)11-23(31)29-6-7-33-8-9-34-15-25(2,3)32/h4-5,10,12-14,32H,6-9,11,15H2,1-3H3,(H,29,31). The first kappa shape index (κ1) is 26.4. The van der Waals surface area contributed by atoms with Crippen molar-refractivity contribution in [3.8, 4) is 5.69 Å². The third kappa shape index (κ3) is 7.17. The van der Waals surface area contributed by atoms with Crippen LogP contribution in [0.2, 0.25) is 10.0 Å². The highest BCUT2D eigenvalue weighted by atomic mass is 35.5. The number of carbonyl (C=O) groups is 1. The zero-order valence-electron chi connectivity index (χ0n) is 19.5. The van der Waals surface area contributed by atoms with Crippen molar-refractivity contribution < 1.29 is 23.8 Å². The van der Waals surface area contributed by atoms with E-state index in [1.165, 1.54) is 6.07 Å². The van der Waals surface area contributed by atoms with E-state index >= 15 is 0 Å². The van der Waals surface area contributed by atoms with E-state index in [1.807, 2.05) is 23.8 Å². The number of aromatic nitrogens is 1. The highest BCUT2D eigenvalue weighted by Gasteiger charge is 2.15. The number of hydrogen-bond donors (Lipinski definition) is 2. The van der Waals surface area contributed by atoms with Crippen molar-refractivity contribution in [2.45, 2.75) is 32.8 Å². The van der Waals surface area contributed by atoms with E-state index in [0.29, 0.717) is 42.1 Å². The second-order valence-electron chi connectivity index (χ2n) is 8.75. The van der Waals surface area contributed by atoms with Crippen molar-refractivity contribution in [3.05, 3.63) is 63.5 Å². The van der Waals surface area contributed by atoms with Gasteiger partial charge in [-0.05, 0) is 62.2 Å². The molecule has 3 rings (SSSR count). The number of fused-ring (bicyclic) bond motifs is 1. The lowest BCUT2D eigenvalue weighted by Gasteiger charge is -2.16. The molecule has 0 aliphatic heterocycles. The van der Waals surface area contributed by atoms with Gasteiger partial charge in [-0.25, -0.2) is 4.39 Å². The molecule has 0 spiro atoms. The molecule has 0 aliphatic rings. The molecule has 0 radical (unpaired) electrons. The van der Waals surface area contributed by atoms with Gasteiger partial charge in [0.25, 0.3) is 0 Å². The molecule has 1 heterocycles. The number of aryl methyl sites for hydroxylation is 1. The molecule has 0 saturated heterocycles. The number of hydrogen-bond acceptors (Lipinski definition) is 4. The Balaban J connectivity index is 1.57. The quantitative estimate of drug-likeness (QED) is 0.361. The van der Waals surface area contributed by atoms with Crippen LogP contribution < -0.4 is 5.32 Å². The fourth-order valence-electron chi connectivity index (χ4n) is 3.53. The smallest absolute Gasteiger partial charge is 0.224 e. The van der Waals surface area contributed by atoms with E-state index < -0.39 is 11.4 Å². The molecule has 9 heteroatoms. The number of nitrogens with zero attached hydrogens (tertiary/aromatic N) is 1. The molecule has 2 N–H and O–H groups in total. The van der Waals surface area contributed by atoms with Crippen LogP contribution in [0, 0.1) is 12.7 Å². The van der Waals surface area contributed by atoms with E-state index in [-0.39, 0.29) is 24.5 Å². The van der Waals surface area contributed by atoms with Crippen LogP contribution in [-0.4, -0.2) is 54.2 Å². The molecule has 0 saturated carbocycles. The number of carbonyl (C=O) groups excluding carboxylic acids is 1. The Bertz CT molecular complexity index is 1160. The molecule has 0 unspecified atom stereocenters. The predicted octanol–water partition coefficient (Wildman–Crippen LogP) is 4.85. The summed E-state index contributed by atoms with van der Waals surface area (Å²) in [6, 6.07) is 8.15. The van der Waals surface area contributed by atoms with E-state index in [4.69, 9.17) is 32.7 Å². The van der Waals surface area contributed by atoms with Crippen molar-refractivity contribution in [1.82, 2.24) is 9.88 Å². The van der Waals surface area contributed by atoms with Crippen molar-refractivity contribution >= 4 is 40.0 Å². The van der Waals surface area contributed by atoms with Gasteiger partial charge in [0.05, 0.1) is 49.0 Å². The molecule has 6 nitrogen and oxygen atoms in total. The minimum absolute atomic E-state index is 0.105. The first-order valence-corrected chi connectivity index (χ1v) is 11.7. The second kappa shape index (κ2) is 11.5. The third-order valence-corrected chi connectivity index (χ3v) is 5.58. The van der Waals surface area contributed by atoms with Crippen LogP contribution in [0.5, 0.6) is 0 Å². The molecular weight excluding hydrogens is 482 g/mol. The maximum atomic E-state index is 14.5. The van der Waals surface area contributed by atoms with Crippen LogP contribution in [0.4, 0.5) is 4.39 Å². The number of aliphatic hydroxyl groups is 1. The molecule has 0 fully saturated rings. The largest absolute Gasteiger partial charge is 0.388 e. The monoisotopic (exact) mass is 510 g/mol. The van der Waals surface area contributed by atoms with Gasteiger partial charge in [0.1, 0.15) is 5.82 Å². The maximum Gasteiger partial charge on any atom is 0.224 e. The first-order chi connectivity index (χ1) is 16.0. The van der Waals surface area contributed by atoms with E-state index in [9.17, 15) is 14.3 Å². The summed E-state index contributed by atoms with van der Waals surface area (Å²) in [5, 5.41) is 14.2. The highest BCUT2D eigenvalue weighted by Crippen LogP contribution is 2.33. The van der Waals surface area contributed by atoms with Gasteiger partial charge in [-0.2, -0.15) is 0 Å². The minimum atomic E-state index is -0.881. The van der Waals surface area contributed by atoms with E-state index in [2.05, 4.69) is 5.32 Å². The Morgan fingerprint density at radius 1 is 1.15 bits per heavy atom. The fraction of sp³-hybridized carbons (Fsp3) is 0.400. The van der Waals surface area contributed by atoms with E-state index in [1.54, 1.807) is 32.0 Å². The summed E-state index contributed by atoms with van der Waals surface area (Å²) in [6.45, 7) is 6.78. The summed E-state index contributed by atoms with van der Waals surface area (Å²) in [4.78, 5) is 12.3. The molecule has 1 amide bonds. The number of ether oxygens (including phenoxy) is 2. The Morgan fingerprint density at radius 3 is 2.62 bits per heavy atom. The van der Waals surface area contributed by atoms with Crippen molar-refractivity contribution in [3.63, 3.8) is 0 Å². The Hall–Kier alpha value is -2.16. The van der Waals surface area contributed by atoms with Gasteiger partial charge < -0.3 is 24.5 Å². The Kier molecular flexibility index (Phi) is 8.95. The number of benzene rings is 2. The van der Waals surface area contributed by atoms with Gasteiger partial charge in [-0.1, -0.05) is 23.2 Å². The maximum absolute atomic E-state index is 14.5. The summed E-state index contributed by atoms with van der Waals surface area (Å²) >= 11 is 12.6. The Morgan fingerprint density at radius 2 is 1.88 bits per heavy atom. The van der Waals surface area contributed by atoms with Gasteiger partial charge in [0, 0.05) is 28.8 Å². The molecule has 3 aromatic rings. The second-order valence-corrected chi connectivity index (χ2v) is 9.59. The van der Waals surface area contributed by atoms with Crippen LogP contribution in [0.3, 0.4) is 0 Å². The first-order valence-electron chi connectivity index (χ1n) is 11.0. The van der Waals surface area contributed by atoms with Crippen LogP contribution in [0.1, 0.15) is 25.0 Å². The molecular formula is C25H29Cl2FN2O4. The van der Waals surface area contributed by atoms with Crippen molar-refractivity contribution in [1.29, 1.82) is 0 Å². The third-order valence-electron chi connectivity index (χ3n) is 5.07. The highest BCUT2D eigenvalue weighted by molar-refractivity contribution is 6.38. The average Bonchev–Trinajstić information content (AvgIpc) is 3.07. The molecule has 0 atom stereocenters. The summed E-state index contributed by atoms with van der Waals surface area (Å²) in [7, 11) is 0. The number of amides is 1. The van der Waals surface area contributed by atoms with Gasteiger partial charge in [0.2, 0.25) is 5.91 Å². The minimum Gasteiger partial charge on any atom is -0.388 e. The molecule has 184 valence electrons. The average molecular weight is 511 g/mol. The molecule has 34 heavy (non-hydrogen) atoms. The predicted molar refractivity (Wildman–Crippen MR) is 133 cm³/mol. The summed E-state index contributed by atoms with van der Waals surface area (Å²) < 4.78 is 27.0. The van der Waals surface area contributed by atoms with Crippen LogP contribution in [0.15, 0.2) is 36.5 Å². The van der Waals surface area contributed by atoms with E-state index in [0.717, 1.165) is 16.5 Å². The molecule has 0 bridgehead atoms. The van der Waals surface area contributed by atoms with Gasteiger partial charge in [-0.3, -0.25) is 4.79 Å². The van der Waals surface area contributed by atoms with Crippen molar-refractivity contribution in [2.75, 3.05) is 33.0 Å². The zero-order valence-corrected chi connectivity index (χ0v) is 21.0. The summed E-state index contributed by atoms with van der Waals surface area (Å²) in [6.07, 6.45) is 1.80. The van der Waals surface area contributed by atoms with Gasteiger partial charge in [0.15, 0.2) is 0 Å². The topological polar surface area (TPSA) is 72.7 Å². The van der Waals surface area contributed by atoms with Gasteiger partial charge >= 0.3 is 0 Å². The lowest BCUT2D eigenvalue weighted by molar-refractivity contribution is -0.120. The number of rotatable bonds is 11. The normalized spacial score (nSPS) is 11.9. The summed E-state index contributed by atoms with van der Waals surface area (Å²) in [5.74, 6) is -0.766. The summed E-state index contributed by atoms with van der Waals surface area (Å²) in [5.41, 5.74) is 1.84. The van der Waals surface area contributed by atoms with Crippen LogP contribution >= 0.6 is 23.2 Å². The number of nitrogens with one attached hydrogen (secondary N) is 1. The Labute approximate surface area is 208 Å². The van der Waals surface area contributed by atoms with Crippen LogP contribution in [-0.2, 0) is 20.7 Å². The SMILES string of the molecule is Cc1cn(-c2ccc(F)c(CC(=O)NCCOCCOCC(C)(C)O)c2)c2c(Cl)cc(Cl)cc12. The van der Waals surface area contributed by atoms with Crippen LogP contribution in [0.25, 0.3) is 16.6 Å².